The minimum atomic E-state index is -0.459. The molecule has 2 aliphatic heterocycles. The first-order valence-corrected chi connectivity index (χ1v) is 9.72. The molecule has 0 radical (unpaired) electrons. The second kappa shape index (κ2) is 7.24. The number of para-hydroxylation sites is 2. The number of fused-ring (bicyclic) bond motifs is 1. The van der Waals surface area contributed by atoms with Crippen molar-refractivity contribution in [2.45, 2.75) is 26.2 Å². The standard InChI is InChI=1S/C24H24N2O3/c1-5-28-20-13-9-6-10-16(20)22-25-18(23(27)29-22)14-15-21-24(2,3)17-11-7-8-12-19(17)26(21)4/h6-15H,5H2,1-4H3/b18-14+,21-15+. The van der Waals surface area contributed by atoms with Gasteiger partial charge in [0.1, 0.15) is 5.75 Å². The third-order valence-corrected chi connectivity index (χ3v) is 5.38. The molecule has 2 heterocycles. The van der Waals surface area contributed by atoms with E-state index in [1.807, 2.05) is 50.4 Å². The molecule has 2 aromatic carbocycles. The molecule has 0 atom stereocenters. The fraction of sp³-hybridized carbons (Fsp3) is 0.250. The number of aliphatic imine (C=N–C) groups is 1. The second-order valence-electron chi connectivity index (χ2n) is 7.54. The van der Waals surface area contributed by atoms with Gasteiger partial charge >= 0.3 is 5.97 Å². The fourth-order valence-corrected chi connectivity index (χ4v) is 3.92. The van der Waals surface area contributed by atoms with Gasteiger partial charge in [0.05, 0.1) is 12.2 Å². The van der Waals surface area contributed by atoms with Gasteiger partial charge in [-0.3, -0.25) is 0 Å². The Bertz CT molecular complexity index is 1060. The van der Waals surface area contributed by atoms with Crippen LogP contribution in [-0.4, -0.2) is 25.5 Å². The summed E-state index contributed by atoms with van der Waals surface area (Å²) in [6, 6.07) is 15.8. The van der Waals surface area contributed by atoms with Crippen LogP contribution in [0.1, 0.15) is 31.9 Å². The summed E-state index contributed by atoms with van der Waals surface area (Å²) in [6.07, 6.45) is 3.69. The quantitative estimate of drug-likeness (QED) is 0.568. The molecule has 0 fully saturated rings. The van der Waals surface area contributed by atoms with Gasteiger partial charge in [0.15, 0.2) is 5.70 Å². The lowest BCUT2D eigenvalue weighted by Gasteiger charge is -2.23. The average molecular weight is 388 g/mol. The average Bonchev–Trinajstić information content (AvgIpc) is 3.17. The van der Waals surface area contributed by atoms with Gasteiger partial charge < -0.3 is 14.4 Å². The van der Waals surface area contributed by atoms with E-state index in [-0.39, 0.29) is 17.0 Å². The fourth-order valence-electron chi connectivity index (χ4n) is 3.92. The van der Waals surface area contributed by atoms with Gasteiger partial charge in [-0.15, -0.1) is 0 Å². The Morgan fingerprint density at radius 1 is 1.10 bits per heavy atom. The van der Waals surface area contributed by atoms with Crippen LogP contribution in [0.3, 0.4) is 0 Å². The number of hydrogen-bond donors (Lipinski definition) is 0. The monoisotopic (exact) mass is 388 g/mol. The van der Waals surface area contributed by atoms with Crippen LogP contribution in [0.5, 0.6) is 5.75 Å². The maximum atomic E-state index is 12.4. The molecule has 0 bridgehead atoms. The number of esters is 1. The number of allylic oxidation sites excluding steroid dienone is 3. The smallest absolute Gasteiger partial charge is 0.363 e. The molecule has 5 nitrogen and oxygen atoms in total. The molecule has 0 aromatic heterocycles. The predicted molar refractivity (Wildman–Crippen MR) is 114 cm³/mol. The van der Waals surface area contributed by atoms with Crippen molar-refractivity contribution in [1.82, 2.24) is 0 Å². The zero-order chi connectivity index (χ0) is 20.6. The van der Waals surface area contributed by atoms with Gasteiger partial charge in [-0.2, -0.15) is 0 Å². The van der Waals surface area contributed by atoms with Crippen LogP contribution in [-0.2, 0) is 14.9 Å². The SMILES string of the molecule is CCOc1ccccc1C1=N/C(=C/C=C2/N(C)c3ccccc3C2(C)C)C(=O)O1. The summed E-state index contributed by atoms with van der Waals surface area (Å²) in [4.78, 5) is 19.0. The van der Waals surface area contributed by atoms with Crippen molar-refractivity contribution in [1.29, 1.82) is 0 Å². The van der Waals surface area contributed by atoms with Gasteiger partial charge in [0, 0.05) is 23.8 Å². The summed E-state index contributed by atoms with van der Waals surface area (Å²) < 4.78 is 11.1. The zero-order valence-electron chi connectivity index (χ0n) is 17.1. The highest BCUT2D eigenvalue weighted by Gasteiger charge is 2.38. The van der Waals surface area contributed by atoms with Crippen molar-refractivity contribution in [2.24, 2.45) is 4.99 Å². The molecule has 0 unspecified atom stereocenters. The molecule has 0 N–H and O–H groups in total. The number of benzene rings is 2. The highest BCUT2D eigenvalue weighted by molar-refractivity contribution is 6.12. The maximum Gasteiger partial charge on any atom is 0.363 e. The lowest BCUT2D eigenvalue weighted by molar-refractivity contribution is -0.130. The van der Waals surface area contributed by atoms with Gasteiger partial charge in [-0.05, 0) is 42.8 Å². The topological polar surface area (TPSA) is 51.1 Å². The van der Waals surface area contributed by atoms with Gasteiger partial charge in [-0.1, -0.05) is 44.2 Å². The van der Waals surface area contributed by atoms with E-state index < -0.39 is 5.97 Å². The van der Waals surface area contributed by atoms with Crippen molar-refractivity contribution in [3.8, 4) is 5.75 Å². The van der Waals surface area contributed by atoms with E-state index in [4.69, 9.17) is 9.47 Å². The highest BCUT2D eigenvalue weighted by Crippen LogP contribution is 2.46. The van der Waals surface area contributed by atoms with Crippen LogP contribution in [0.25, 0.3) is 0 Å². The van der Waals surface area contributed by atoms with E-state index in [0.717, 1.165) is 5.70 Å². The Hall–Kier alpha value is -3.34. The number of hydrogen-bond acceptors (Lipinski definition) is 5. The van der Waals surface area contributed by atoms with Gasteiger partial charge in [0.25, 0.3) is 0 Å². The third kappa shape index (κ3) is 3.23. The molecular formula is C24H24N2O3. The molecule has 0 saturated carbocycles. The van der Waals surface area contributed by atoms with E-state index in [9.17, 15) is 4.79 Å². The van der Waals surface area contributed by atoms with Gasteiger partial charge in [-0.25, -0.2) is 9.79 Å². The number of rotatable bonds is 4. The number of anilines is 1. The summed E-state index contributed by atoms with van der Waals surface area (Å²) >= 11 is 0. The Kier molecular flexibility index (Phi) is 4.74. The van der Waals surface area contributed by atoms with Crippen molar-refractivity contribution >= 4 is 17.6 Å². The number of carbonyl (C=O) groups excluding carboxylic acids is 1. The summed E-state index contributed by atoms with van der Waals surface area (Å²) in [7, 11) is 2.04. The van der Waals surface area contributed by atoms with Crippen LogP contribution >= 0.6 is 0 Å². The minimum absolute atomic E-state index is 0.168. The zero-order valence-corrected chi connectivity index (χ0v) is 17.1. The summed E-state index contributed by atoms with van der Waals surface area (Å²) in [5.74, 6) is 0.457. The van der Waals surface area contributed by atoms with E-state index in [1.54, 1.807) is 6.08 Å². The molecule has 29 heavy (non-hydrogen) atoms. The first-order valence-electron chi connectivity index (χ1n) is 9.72. The Balaban J connectivity index is 1.69. The highest BCUT2D eigenvalue weighted by atomic mass is 16.6. The molecule has 5 heteroatoms. The maximum absolute atomic E-state index is 12.4. The lowest BCUT2D eigenvalue weighted by atomic mass is 9.84. The first kappa shape index (κ1) is 19.0. The van der Waals surface area contributed by atoms with Crippen molar-refractivity contribution in [3.05, 3.63) is 83.2 Å². The van der Waals surface area contributed by atoms with Crippen LogP contribution in [0.15, 0.2) is 77.1 Å². The molecule has 2 aliphatic rings. The molecule has 0 spiro atoms. The largest absolute Gasteiger partial charge is 0.493 e. The number of cyclic esters (lactones) is 1. The van der Waals surface area contributed by atoms with Crippen molar-refractivity contribution < 1.29 is 14.3 Å². The summed E-state index contributed by atoms with van der Waals surface area (Å²) in [5.41, 5.74) is 4.31. The van der Waals surface area contributed by atoms with Crippen molar-refractivity contribution in [3.63, 3.8) is 0 Å². The van der Waals surface area contributed by atoms with Crippen LogP contribution in [0, 0.1) is 0 Å². The second-order valence-corrected chi connectivity index (χ2v) is 7.54. The molecular weight excluding hydrogens is 364 g/mol. The predicted octanol–water partition coefficient (Wildman–Crippen LogP) is 4.58. The summed E-state index contributed by atoms with van der Waals surface area (Å²) in [5, 5.41) is 0. The normalized spacial score (nSPS) is 20.1. The van der Waals surface area contributed by atoms with Crippen molar-refractivity contribution in [2.75, 3.05) is 18.6 Å². The lowest BCUT2D eigenvalue weighted by Crippen LogP contribution is -2.22. The molecule has 4 rings (SSSR count). The number of carbonyl (C=O) groups is 1. The van der Waals surface area contributed by atoms with Gasteiger partial charge in [0.2, 0.25) is 5.90 Å². The first-order chi connectivity index (χ1) is 13.9. The molecule has 0 aliphatic carbocycles. The van der Waals surface area contributed by atoms with E-state index >= 15 is 0 Å². The number of nitrogens with zero attached hydrogens (tertiary/aromatic N) is 2. The Labute approximate surface area is 171 Å². The molecule has 0 saturated heterocycles. The Morgan fingerprint density at radius 2 is 1.83 bits per heavy atom. The summed E-state index contributed by atoms with van der Waals surface area (Å²) in [6.45, 7) is 6.79. The molecule has 2 aromatic rings. The third-order valence-electron chi connectivity index (χ3n) is 5.38. The molecule has 148 valence electrons. The number of likely N-dealkylation sites (N-methyl/N-ethyl adjacent to an activating group) is 1. The van der Waals surface area contributed by atoms with E-state index in [1.165, 1.54) is 11.3 Å². The Morgan fingerprint density at radius 3 is 2.59 bits per heavy atom. The molecule has 0 amide bonds. The number of ether oxygens (including phenoxy) is 2. The minimum Gasteiger partial charge on any atom is -0.493 e. The van der Waals surface area contributed by atoms with E-state index in [0.29, 0.717) is 17.9 Å². The van der Waals surface area contributed by atoms with Crippen LogP contribution in [0.4, 0.5) is 5.69 Å². The van der Waals surface area contributed by atoms with E-state index in [2.05, 4.69) is 41.9 Å². The van der Waals surface area contributed by atoms with Crippen LogP contribution < -0.4 is 9.64 Å². The van der Waals surface area contributed by atoms with Crippen LogP contribution in [0.2, 0.25) is 0 Å².